The predicted molar refractivity (Wildman–Crippen MR) is 84.2 cm³/mol. The molecule has 0 spiro atoms. The Balaban J connectivity index is 4.02. The summed E-state index contributed by atoms with van der Waals surface area (Å²) >= 11 is 0. The van der Waals surface area contributed by atoms with Crippen LogP contribution in [-0.2, 0) is 19.0 Å². The minimum absolute atomic E-state index is 0.201. The fraction of sp³-hybridized carbons (Fsp3) is 0.824. The summed E-state index contributed by atoms with van der Waals surface area (Å²) in [6, 6.07) is 0. The van der Waals surface area contributed by atoms with Crippen LogP contribution < -0.4 is 0 Å². The molecule has 0 aliphatic heterocycles. The molecular formula is C17H30O4. The van der Waals surface area contributed by atoms with Gasteiger partial charge in [-0.25, -0.2) is 0 Å². The van der Waals surface area contributed by atoms with Gasteiger partial charge in [-0.3, -0.25) is 0 Å². The van der Waals surface area contributed by atoms with Crippen molar-refractivity contribution >= 4 is 6.29 Å². The average Bonchev–Trinajstić information content (AvgIpc) is 2.43. The lowest BCUT2D eigenvalue weighted by Gasteiger charge is -2.31. The topological polar surface area (TPSA) is 44.8 Å². The Morgan fingerprint density at radius 3 is 2.38 bits per heavy atom. The van der Waals surface area contributed by atoms with Gasteiger partial charge in [-0.05, 0) is 40.0 Å². The van der Waals surface area contributed by atoms with Gasteiger partial charge in [-0.15, -0.1) is 6.42 Å². The van der Waals surface area contributed by atoms with E-state index in [-0.39, 0.29) is 11.2 Å². The summed E-state index contributed by atoms with van der Waals surface area (Å²) in [4.78, 5) is 10.3. The molecule has 1 unspecified atom stereocenters. The normalized spacial score (nSPS) is 14.4. The largest absolute Gasteiger partial charge is 0.375 e. The van der Waals surface area contributed by atoms with Crippen molar-refractivity contribution in [2.75, 3.05) is 26.4 Å². The van der Waals surface area contributed by atoms with Gasteiger partial charge in [0.15, 0.2) is 0 Å². The van der Waals surface area contributed by atoms with E-state index in [0.717, 1.165) is 25.5 Å². The Hall–Kier alpha value is -0.890. The van der Waals surface area contributed by atoms with Gasteiger partial charge in [0.2, 0.25) is 0 Å². The number of ether oxygens (including phenoxy) is 3. The summed E-state index contributed by atoms with van der Waals surface area (Å²) < 4.78 is 17.0. The number of carbonyl (C=O) groups is 1. The monoisotopic (exact) mass is 298 g/mol. The van der Waals surface area contributed by atoms with E-state index >= 15 is 0 Å². The molecule has 0 saturated heterocycles. The van der Waals surface area contributed by atoms with E-state index in [0.29, 0.717) is 32.8 Å². The molecule has 0 saturated carbocycles. The molecule has 4 nitrogen and oxygen atoms in total. The van der Waals surface area contributed by atoms with Gasteiger partial charge in [0.25, 0.3) is 0 Å². The van der Waals surface area contributed by atoms with Crippen molar-refractivity contribution < 1.29 is 19.0 Å². The van der Waals surface area contributed by atoms with Crippen molar-refractivity contribution in [2.24, 2.45) is 0 Å². The van der Waals surface area contributed by atoms with Gasteiger partial charge in [-0.1, -0.05) is 12.8 Å². The maximum atomic E-state index is 10.3. The average molecular weight is 298 g/mol. The van der Waals surface area contributed by atoms with Crippen molar-refractivity contribution in [1.82, 2.24) is 0 Å². The van der Waals surface area contributed by atoms with Crippen LogP contribution in [0.25, 0.3) is 0 Å². The smallest absolute Gasteiger partial charge is 0.122 e. The van der Waals surface area contributed by atoms with Crippen LogP contribution in [0.1, 0.15) is 53.4 Å². The second-order valence-electron chi connectivity index (χ2n) is 5.97. The molecule has 122 valence electrons. The Morgan fingerprint density at radius 2 is 1.81 bits per heavy atom. The number of terminal acetylenes is 1. The molecule has 0 radical (unpaired) electrons. The third kappa shape index (κ3) is 10.5. The zero-order valence-corrected chi connectivity index (χ0v) is 13.9. The van der Waals surface area contributed by atoms with Crippen LogP contribution in [0.4, 0.5) is 0 Å². The van der Waals surface area contributed by atoms with E-state index in [4.69, 9.17) is 20.6 Å². The molecule has 0 aromatic heterocycles. The standard InChI is InChI=1S/C17H30O4/c1-6-12-19-14-10-17(5,7-2)21-15-9-16(3,4)20-13-8-11-18/h1,11H,7-10,12-15H2,2-5H3. The molecule has 4 heteroatoms. The van der Waals surface area contributed by atoms with E-state index < -0.39 is 0 Å². The molecule has 0 bridgehead atoms. The lowest BCUT2D eigenvalue weighted by Crippen LogP contribution is -2.33. The number of carbonyl (C=O) groups excluding carboxylic acids is 1. The molecule has 1 atom stereocenters. The van der Waals surface area contributed by atoms with E-state index in [1.54, 1.807) is 0 Å². The third-order valence-electron chi connectivity index (χ3n) is 3.59. The number of hydrogen-bond donors (Lipinski definition) is 0. The number of rotatable bonds is 13. The van der Waals surface area contributed by atoms with Crippen LogP contribution in [0.2, 0.25) is 0 Å². The van der Waals surface area contributed by atoms with Gasteiger partial charge in [-0.2, -0.15) is 0 Å². The maximum absolute atomic E-state index is 10.3. The first-order valence-electron chi connectivity index (χ1n) is 7.62. The summed E-state index contributed by atoms with van der Waals surface area (Å²) in [6.45, 7) is 10.3. The maximum Gasteiger partial charge on any atom is 0.122 e. The molecule has 0 aromatic rings. The molecule has 0 aromatic carbocycles. The second kappa shape index (κ2) is 10.8. The second-order valence-corrected chi connectivity index (χ2v) is 5.97. The van der Waals surface area contributed by atoms with Crippen LogP contribution in [0.5, 0.6) is 0 Å². The first-order valence-corrected chi connectivity index (χ1v) is 7.62. The Labute approximate surface area is 129 Å². The Kier molecular flexibility index (Phi) is 10.3. The highest BCUT2D eigenvalue weighted by Gasteiger charge is 2.25. The highest BCUT2D eigenvalue weighted by Crippen LogP contribution is 2.22. The van der Waals surface area contributed by atoms with Gasteiger partial charge in [0, 0.05) is 6.42 Å². The minimum Gasteiger partial charge on any atom is -0.375 e. The fourth-order valence-electron chi connectivity index (χ4n) is 1.77. The van der Waals surface area contributed by atoms with Gasteiger partial charge >= 0.3 is 0 Å². The van der Waals surface area contributed by atoms with Crippen LogP contribution in [0.15, 0.2) is 0 Å². The molecule has 0 amide bonds. The van der Waals surface area contributed by atoms with Crippen molar-refractivity contribution in [2.45, 2.75) is 64.6 Å². The van der Waals surface area contributed by atoms with Crippen LogP contribution in [0, 0.1) is 12.3 Å². The van der Waals surface area contributed by atoms with Crippen molar-refractivity contribution in [3.05, 3.63) is 0 Å². The number of aldehydes is 1. The first-order chi connectivity index (χ1) is 9.89. The van der Waals surface area contributed by atoms with E-state index in [1.165, 1.54) is 0 Å². The van der Waals surface area contributed by atoms with Gasteiger partial charge < -0.3 is 19.0 Å². The van der Waals surface area contributed by atoms with Crippen molar-refractivity contribution in [3.8, 4) is 12.3 Å². The molecule has 21 heavy (non-hydrogen) atoms. The molecular weight excluding hydrogens is 268 g/mol. The van der Waals surface area contributed by atoms with Crippen LogP contribution in [0.3, 0.4) is 0 Å². The third-order valence-corrected chi connectivity index (χ3v) is 3.59. The van der Waals surface area contributed by atoms with Crippen LogP contribution >= 0.6 is 0 Å². The predicted octanol–water partition coefficient (Wildman–Crippen LogP) is 2.99. The van der Waals surface area contributed by atoms with E-state index in [2.05, 4.69) is 19.8 Å². The van der Waals surface area contributed by atoms with E-state index in [9.17, 15) is 4.79 Å². The van der Waals surface area contributed by atoms with E-state index in [1.807, 2.05) is 13.8 Å². The number of hydrogen-bond acceptors (Lipinski definition) is 4. The molecule has 0 aliphatic rings. The molecule has 0 heterocycles. The Morgan fingerprint density at radius 1 is 1.10 bits per heavy atom. The van der Waals surface area contributed by atoms with Gasteiger partial charge in [0.05, 0.1) is 31.0 Å². The summed E-state index contributed by atoms with van der Waals surface area (Å²) in [5.41, 5.74) is -0.481. The minimum atomic E-state index is -0.280. The van der Waals surface area contributed by atoms with Crippen molar-refractivity contribution in [1.29, 1.82) is 0 Å². The van der Waals surface area contributed by atoms with Gasteiger partial charge in [0.1, 0.15) is 12.9 Å². The molecule has 0 fully saturated rings. The zero-order valence-electron chi connectivity index (χ0n) is 13.9. The first kappa shape index (κ1) is 20.1. The molecule has 0 aliphatic carbocycles. The highest BCUT2D eigenvalue weighted by atomic mass is 16.5. The fourth-order valence-corrected chi connectivity index (χ4v) is 1.77. The lowest BCUT2D eigenvalue weighted by atomic mass is 9.99. The quantitative estimate of drug-likeness (QED) is 0.298. The summed E-state index contributed by atoms with van der Waals surface area (Å²) in [5.74, 6) is 2.46. The summed E-state index contributed by atoms with van der Waals surface area (Å²) in [5, 5.41) is 0. The molecule has 0 rings (SSSR count). The SMILES string of the molecule is C#CCOCCC(C)(CC)OCCC(C)(C)OCCC=O. The van der Waals surface area contributed by atoms with Crippen molar-refractivity contribution in [3.63, 3.8) is 0 Å². The Bertz CT molecular complexity index is 319. The zero-order chi connectivity index (χ0) is 16.2. The lowest BCUT2D eigenvalue weighted by molar-refractivity contribution is -0.111. The highest BCUT2D eigenvalue weighted by molar-refractivity contribution is 5.49. The molecule has 0 N–H and O–H groups in total. The summed E-state index contributed by atoms with van der Waals surface area (Å²) in [6.07, 6.45) is 8.97. The van der Waals surface area contributed by atoms with Crippen LogP contribution in [-0.4, -0.2) is 43.9 Å². The summed E-state index contributed by atoms with van der Waals surface area (Å²) in [7, 11) is 0.